The SMILES string of the molecule is CCC1(NC(=O)NC(C(=O)N2CCCC2C(=O)NC(C)C(=O)C(N)=O)C2CCCCC2)CCCCC1. The van der Waals surface area contributed by atoms with E-state index < -0.39 is 35.7 Å². The van der Waals surface area contributed by atoms with Gasteiger partial charge in [0, 0.05) is 12.1 Å². The van der Waals surface area contributed by atoms with Gasteiger partial charge in [-0.2, -0.15) is 0 Å². The number of urea groups is 1. The minimum Gasteiger partial charge on any atom is -0.363 e. The molecule has 2 saturated carbocycles. The number of Topliss-reactive ketones (excluding diaryl/α,β-unsaturated/α-hetero) is 1. The average Bonchev–Trinajstić information content (AvgIpc) is 3.37. The highest BCUT2D eigenvalue weighted by Gasteiger charge is 2.42. The number of carbonyl (C=O) groups is 5. The van der Waals surface area contributed by atoms with E-state index in [1.807, 2.05) is 0 Å². The highest BCUT2D eigenvalue weighted by molar-refractivity contribution is 6.37. The van der Waals surface area contributed by atoms with Crippen molar-refractivity contribution < 1.29 is 24.0 Å². The Balaban J connectivity index is 1.72. The van der Waals surface area contributed by atoms with Crippen molar-refractivity contribution in [1.82, 2.24) is 20.9 Å². The second-order valence-corrected chi connectivity index (χ2v) is 10.8. The van der Waals surface area contributed by atoms with Crippen molar-refractivity contribution in [2.45, 2.75) is 121 Å². The molecule has 3 rings (SSSR count). The van der Waals surface area contributed by atoms with Crippen LogP contribution < -0.4 is 21.7 Å². The first kappa shape index (κ1) is 27.9. The molecule has 2 aliphatic carbocycles. The Morgan fingerprint density at radius 1 is 0.917 bits per heavy atom. The van der Waals surface area contributed by atoms with E-state index in [2.05, 4.69) is 22.9 Å². The molecule has 0 spiro atoms. The molecule has 5 amide bonds. The zero-order valence-electron chi connectivity index (χ0n) is 21.8. The molecule has 3 fully saturated rings. The van der Waals surface area contributed by atoms with Crippen LogP contribution in [0.1, 0.15) is 97.3 Å². The van der Waals surface area contributed by atoms with Crippen LogP contribution in [0.2, 0.25) is 0 Å². The number of primary amides is 1. The minimum absolute atomic E-state index is 0.0145. The summed E-state index contributed by atoms with van der Waals surface area (Å²) >= 11 is 0. The largest absolute Gasteiger partial charge is 0.363 e. The molecule has 0 aromatic rings. The van der Waals surface area contributed by atoms with E-state index in [0.29, 0.717) is 19.4 Å². The number of nitrogens with zero attached hydrogens (tertiary/aromatic N) is 1. The summed E-state index contributed by atoms with van der Waals surface area (Å²) in [4.78, 5) is 64.5. The summed E-state index contributed by atoms with van der Waals surface area (Å²) in [5.74, 6) is -2.72. The summed E-state index contributed by atoms with van der Waals surface area (Å²) < 4.78 is 0. The maximum atomic E-state index is 13.8. The maximum Gasteiger partial charge on any atom is 0.315 e. The van der Waals surface area contributed by atoms with Crippen molar-refractivity contribution in [2.24, 2.45) is 11.7 Å². The van der Waals surface area contributed by atoms with Gasteiger partial charge in [0.2, 0.25) is 17.6 Å². The monoisotopic (exact) mass is 505 g/mol. The second kappa shape index (κ2) is 12.5. The predicted molar refractivity (Wildman–Crippen MR) is 135 cm³/mol. The molecule has 0 aromatic carbocycles. The molecule has 10 nitrogen and oxygen atoms in total. The van der Waals surface area contributed by atoms with Gasteiger partial charge in [-0.3, -0.25) is 19.2 Å². The van der Waals surface area contributed by atoms with Crippen LogP contribution in [-0.2, 0) is 19.2 Å². The summed E-state index contributed by atoms with van der Waals surface area (Å²) in [5.41, 5.74) is 4.81. The number of nitrogens with one attached hydrogen (secondary N) is 3. The van der Waals surface area contributed by atoms with Crippen LogP contribution >= 0.6 is 0 Å². The van der Waals surface area contributed by atoms with Gasteiger partial charge in [0.25, 0.3) is 5.91 Å². The van der Waals surface area contributed by atoms with Crippen LogP contribution in [0.25, 0.3) is 0 Å². The standard InChI is InChI=1S/C26H43N5O5/c1-3-26(14-8-5-9-15-26)30-25(36)29-20(18-11-6-4-7-12-18)24(35)31-16-10-13-19(31)23(34)28-17(2)21(32)22(27)33/h17-20H,3-16H2,1-2H3,(H2,27,33)(H,28,34)(H2,29,30,36). The fourth-order valence-corrected chi connectivity index (χ4v) is 6.13. The van der Waals surface area contributed by atoms with Gasteiger partial charge in [0.1, 0.15) is 12.1 Å². The Hall–Kier alpha value is -2.65. The minimum atomic E-state index is -1.11. The molecular weight excluding hydrogens is 462 g/mol. The van der Waals surface area contributed by atoms with E-state index in [9.17, 15) is 24.0 Å². The van der Waals surface area contributed by atoms with Gasteiger partial charge in [-0.15, -0.1) is 0 Å². The van der Waals surface area contributed by atoms with Crippen LogP contribution in [0, 0.1) is 5.92 Å². The molecule has 1 aliphatic heterocycles. The summed E-state index contributed by atoms with van der Waals surface area (Å²) in [7, 11) is 0. The van der Waals surface area contributed by atoms with Crippen molar-refractivity contribution in [3.8, 4) is 0 Å². The first-order valence-corrected chi connectivity index (χ1v) is 13.7. The zero-order chi connectivity index (χ0) is 26.3. The maximum absolute atomic E-state index is 13.8. The number of ketones is 1. The topological polar surface area (TPSA) is 151 Å². The molecular formula is C26H43N5O5. The van der Waals surface area contributed by atoms with Crippen molar-refractivity contribution >= 4 is 29.5 Å². The Bertz CT molecular complexity index is 835. The van der Waals surface area contributed by atoms with Gasteiger partial charge < -0.3 is 26.6 Å². The van der Waals surface area contributed by atoms with Crippen molar-refractivity contribution in [3.63, 3.8) is 0 Å². The summed E-state index contributed by atoms with van der Waals surface area (Å²) in [6.45, 7) is 3.89. The van der Waals surface area contributed by atoms with Gasteiger partial charge in [-0.25, -0.2) is 4.79 Å². The number of carbonyl (C=O) groups excluding carboxylic acids is 5. The Labute approximate surface area is 213 Å². The molecule has 0 aromatic heterocycles. The van der Waals surface area contributed by atoms with Crippen LogP contribution in [0.3, 0.4) is 0 Å². The Morgan fingerprint density at radius 3 is 2.17 bits per heavy atom. The molecule has 0 radical (unpaired) electrons. The summed E-state index contributed by atoms with van der Waals surface area (Å²) in [6, 6.07) is -2.84. The number of rotatable bonds is 9. The smallest absolute Gasteiger partial charge is 0.315 e. The third-order valence-corrected chi connectivity index (χ3v) is 8.37. The first-order valence-electron chi connectivity index (χ1n) is 13.7. The Kier molecular flexibility index (Phi) is 9.73. The van der Waals surface area contributed by atoms with Gasteiger partial charge in [-0.05, 0) is 57.8 Å². The van der Waals surface area contributed by atoms with E-state index in [-0.39, 0.29) is 23.4 Å². The van der Waals surface area contributed by atoms with E-state index in [1.165, 1.54) is 18.2 Å². The van der Waals surface area contributed by atoms with Gasteiger partial charge in [-0.1, -0.05) is 45.4 Å². The number of hydrogen-bond acceptors (Lipinski definition) is 5. The lowest BCUT2D eigenvalue weighted by molar-refractivity contribution is -0.142. The number of nitrogens with two attached hydrogens (primary N) is 1. The van der Waals surface area contributed by atoms with Gasteiger partial charge in [0.15, 0.2) is 0 Å². The predicted octanol–water partition coefficient (Wildman–Crippen LogP) is 1.90. The highest BCUT2D eigenvalue weighted by atomic mass is 16.2. The van der Waals surface area contributed by atoms with Gasteiger partial charge >= 0.3 is 6.03 Å². The number of likely N-dealkylation sites (tertiary alicyclic amines) is 1. The lowest BCUT2D eigenvalue weighted by Gasteiger charge is -2.39. The second-order valence-electron chi connectivity index (χ2n) is 10.8. The fraction of sp³-hybridized carbons (Fsp3) is 0.808. The fourth-order valence-electron chi connectivity index (χ4n) is 6.13. The molecule has 202 valence electrons. The summed E-state index contributed by atoms with van der Waals surface area (Å²) in [5, 5.41) is 8.74. The first-order chi connectivity index (χ1) is 17.2. The normalized spacial score (nSPS) is 23.8. The zero-order valence-corrected chi connectivity index (χ0v) is 21.8. The molecule has 10 heteroatoms. The lowest BCUT2D eigenvalue weighted by Crippen LogP contribution is -2.61. The Morgan fingerprint density at radius 2 is 1.56 bits per heavy atom. The van der Waals surface area contributed by atoms with E-state index in [0.717, 1.165) is 64.2 Å². The van der Waals surface area contributed by atoms with Crippen molar-refractivity contribution in [1.29, 1.82) is 0 Å². The van der Waals surface area contributed by atoms with Crippen LogP contribution in [-0.4, -0.2) is 64.6 Å². The van der Waals surface area contributed by atoms with Crippen LogP contribution in [0.15, 0.2) is 0 Å². The highest BCUT2D eigenvalue weighted by Crippen LogP contribution is 2.32. The van der Waals surface area contributed by atoms with Gasteiger partial charge in [0.05, 0.1) is 6.04 Å². The molecule has 3 unspecified atom stereocenters. The van der Waals surface area contributed by atoms with Crippen molar-refractivity contribution in [3.05, 3.63) is 0 Å². The molecule has 1 heterocycles. The van der Waals surface area contributed by atoms with Crippen LogP contribution in [0.5, 0.6) is 0 Å². The molecule has 36 heavy (non-hydrogen) atoms. The van der Waals surface area contributed by atoms with E-state index in [1.54, 1.807) is 0 Å². The molecule has 3 aliphatic rings. The van der Waals surface area contributed by atoms with Crippen LogP contribution in [0.4, 0.5) is 4.79 Å². The third kappa shape index (κ3) is 6.76. The van der Waals surface area contributed by atoms with E-state index >= 15 is 0 Å². The summed E-state index contributed by atoms with van der Waals surface area (Å²) in [6.07, 6.45) is 12.0. The van der Waals surface area contributed by atoms with E-state index in [4.69, 9.17) is 5.73 Å². The number of amides is 5. The molecule has 3 atom stereocenters. The number of hydrogen-bond donors (Lipinski definition) is 4. The average molecular weight is 506 g/mol. The molecule has 1 saturated heterocycles. The third-order valence-electron chi connectivity index (χ3n) is 8.37. The lowest BCUT2D eigenvalue weighted by atomic mass is 9.80. The van der Waals surface area contributed by atoms with Crippen molar-refractivity contribution in [2.75, 3.05) is 6.54 Å². The molecule has 5 N–H and O–H groups in total. The quantitative estimate of drug-likeness (QED) is 0.353. The molecule has 0 bridgehead atoms.